The fourth-order valence-corrected chi connectivity index (χ4v) is 3.38. The van der Waals surface area contributed by atoms with Crippen LogP contribution < -0.4 is 0 Å². The largest absolute Gasteiger partial charge is 0.467 e. The van der Waals surface area contributed by atoms with Crippen molar-refractivity contribution in [2.75, 3.05) is 12.9 Å². The maximum atomic E-state index is 12.1. The minimum absolute atomic E-state index is 0.0614. The lowest BCUT2D eigenvalue weighted by molar-refractivity contribution is -0.147. The smallest absolute Gasteiger partial charge is 0.335 e. The summed E-state index contributed by atoms with van der Waals surface area (Å²) in [6.07, 6.45) is 1.76. The zero-order chi connectivity index (χ0) is 13.9. The molecule has 0 aromatic heterocycles. The lowest BCUT2D eigenvalue weighted by atomic mass is 9.87. The van der Waals surface area contributed by atoms with E-state index in [-0.39, 0.29) is 11.9 Å². The first kappa shape index (κ1) is 13.9. The molecule has 2 rings (SSSR count). The maximum Gasteiger partial charge on any atom is 0.335 e. The summed E-state index contributed by atoms with van der Waals surface area (Å²) in [4.78, 5) is 16.8. The lowest BCUT2D eigenvalue weighted by Gasteiger charge is -2.26. The van der Waals surface area contributed by atoms with Crippen LogP contribution >= 0.6 is 11.8 Å². The number of carbonyl (C=O) groups is 1. The number of benzene rings is 1. The van der Waals surface area contributed by atoms with Crippen molar-refractivity contribution in [2.24, 2.45) is 10.9 Å². The molecule has 1 heterocycles. The number of nitrogens with zero attached hydrogens (tertiary/aromatic N) is 1. The van der Waals surface area contributed by atoms with Gasteiger partial charge in [0.1, 0.15) is 0 Å². The average Bonchev–Trinajstić information content (AvgIpc) is 2.93. The molecule has 3 nitrogen and oxygen atoms in total. The van der Waals surface area contributed by atoms with Crippen LogP contribution in [0.15, 0.2) is 48.0 Å². The molecule has 0 radical (unpaired) electrons. The van der Waals surface area contributed by atoms with E-state index in [2.05, 4.69) is 11.6 Å². The Morgan fingerprint density at radius 2 is 2.21 bits per heavy atom. The van der Waals surface area contributed by atoms with Gasteiger partial charge in [-0.1, -0.05) is 43.3 Å². The molecule has 0 aliphatic carbocycles. The number of hydrogen-bond acceptors (Lipinski definition) is 4. The van der Waals surface area contributed by atoms with Crippen LogP contribution in [-0.4, -0.2) is 29.4 Å². The van der Waals surface area contributed by atoms with Gasteiger partial charge in [0.15, 0.2) is 5.54 Å². The average molecular weight is 275 g/mol. The van der Waals surface area contributed by atoms with Gasteiger partial charge in [0.05, 0.1) is 12.2 Å². The Hall–Kier alpha value is -1.55. The van der Waals surface area contributed by atoms with Crippen LogP contribution in [-0.2, 0) is 9.53 Å². The third-order valence-electron chi connectivity index (χ3n) is 3.40. The molecule has 0 amide bonds. The van der Waals surface area contributed by atoms with E-state index in [9.17, 15) is 4.79 Å². The van der Waals surface area contributed by atoms with Crippen LogP contribution in [0, 0.1) is 5.92 Å². The van der Waals surface area contributed by atoms with Crippen LogP contribution in [0.1, 0.15) is 12.5 Å². The maximum absolute atomic E-state index is 12.1. The van der Waals surface area contributed by atoms with Gasteiger partial charge in [0.25, 0.3) is 0 Å². The van der Waals surface area contributed by atoms with Crippen molar-refractivity contribution in [2.45, 2.75) is 12.5 Å². The number of rotatable bonds is 4. The van der Waals surface area contributed by atoms with Crippen molar-refractivity contribution in [3.63, 3.8) is 0 Å². The highest BCUT2D eigenvalue weighted by Gasteiger charge is 2.47. The molecule has 1 aromatic rings. The molecule has 0 spiro atoms. The predicted molar refractivity (Wildman–Crippen MR) is 79.5 cm³/mol. The van der Waals surface area contributed by atoms with Crippen molar-refractivity contribution in [3.05, 3.63) is 48.6 Å². The Kier molecular flexibility index (Phi) is 4.10. The first-order valence-corrected chi connectivity index (χ1v) is 7.11. The Balaban J connectivity index is 2.41. The van der Waals surface area contributed by atoms with E-state index in [0.717, 1.165) is 10.6 Å². The van der Waals surface area contributed by atoms with Gasteiger partial charge in [0.2, 0.25) is 0 Å². The summed E-state index contributed by atoms with van der Waals surface area (Å²) in [6.45, 7) is 5.72. The highest BCUT2D eigenvalue weighted by Crippen LogP contribution is 2.37. The first-order chi connectivity index (χ1) is 9.14. The third-order valence-corrected chi connectivity index (χ3v) is 4.58. The van der Waals surface area contributed by atoms with Crippen LogP contribution in [0.4, 0.5) is 0 Å². The van der Waals surface area contributed by atoms with Gasteiger partial charge in [0, 0.05) is 17.2 Å². The van der Waals surface area contributed by atoms with E-state index >= 15 is 0 Å². The number of hydrogen-bond donors (Lipinski definition) is 0. The molecule has 0 fully saturated rings. The molecule has 1 aliphatic rings. The zero-order valence-corrected chi connectivity index (χ0v) is 11.9. The topological polar surface area (TPSA) is 38.7 Å². The summed E-state index contributed by atoms with van der Waals surface area (Å²) in [5.41, 5.74) is 0.196. The Bertz CT molecular complexity index is 512. The minimum Gasteiger partial charge on any atom is -0.467 e. The molecule has 1 aromatic carbocycles. The third kappa shape index (κ3) is 2.45. The molecule has 0 saturated heterocycles. The summed E-state index contributed by atoms with van der Waals surface area (Å²) < 4.78 is 4.94. The molecule has 0 N–H and O–H groups in total. The second-order valence-corrected chi connectivity index (χ2v) is 5.48. The summed E-state index contributed by atoms with van der Waals surface area (Å²) in [5.74, 6) is 0.240. The van der Waals surface area contributed by atoms with Gasteiger partial charge in [-0.25, -0.2) is 4.79 Å². The fourth-order valence-electron chi connectivity index (χ4n) is 2.05. The van der Waals surface area contributed by atoms with Gasteiger partial charge in [-0.15, -0.1) is 18.3 Å². The second-order valence-electron chi connectivity index (χ2n) is 4.51. The normalized spacial score (nSPS) is 23.6. The Morgan fingerprint density at radius 1 is 1.53 bits per heavy atom. The second kappa shape index (κ2) is 5.61. The van der Waals surface area contributed by atoms with Crippen LogP contribution in [0.2, 0.25) is 0 Å². The van der Waals surface area contributed by atoms with Crippen LogP contribution in [0.3, 0.4) is 0 Å². The van der Waals surface area contributed by atoms with Crippen molar-refractivity contribution in [1.82, 2.24) is 0 Å². The van der Waals surface area contributed by atoms with E-state index < -0.39 is 5.54 Å². The molecular formula is C15H17NO2S. The molecular weight excluding hydrogens is 258 g/mol. The number of methoxy groups -OCH3 is 1. The Morgan fingerprint density at radius 3 is 2.79 bits per heavy atom. The number of esters is 1. The Labute approximate surface area is 117 Å². The monoisotopic (exact) mass is 275 g/mol. The van der Waals surface area contributed by atoms with Crippen molar-refractivity contribution in [1.29, 1.82) is 0 Å². The first-order valence-electron chi connectivity index (χ1n) is 6.13. The van der Waals surface area contributed by atoms with E-state index in [1.807, 2.05) is 37.3 Å². The molecule has 2 atom stereocenters. The number of carbonyl (C=O) groups excluding carboxylic acids is 1. The van der Waals surface area contributed by atoms with E-state index in [1.165, 1.54) is 7.11 Å². The van der Waals surface area contributed by atoms with Crippen LogP contribution in [0.25, 0.3) is 0 Å². The summed E-state index contributed by atoms with van der Waals surface area (Å²) >= 11 is 1.59. The van der Waals surface area contributed by atoms with Gasteiger partial charge in [-0.05, 0) is 0 Å². The SMILES string of the molecule is C=C[C@@H](C)[C@@]1(C(=O)OC)CSC(c2ccccc2)=N1. The van der Waals surface area contributed by atoms with E-state index in [1.54, 1.807) is 17.8 Å². The van der Waals surface area contributed by atoms with Crippen molar-refractivity contribution in [3.8, 4) is 0 Å². The highest BCUT2D eigenvalue weighted by molar-refractivity contribution is 8.14. The zero-order valence-electron chi connectivity index (χ0n) is 11.1. The molecule has 0 saturated carbocycles. The van der Waals surface area contributed by atoms with Gasteiger partial charge in [-0.3, -0.25) is 4.99 Å². The number of ether oxygens (including phenoxy) is 1. The summed E-state index contributed by atoms with van der Waals surface area (Å²) in [7, 11) is 1.40. The molecule has 4 heteroatoms. The summed E-state index contributed by atoms with van der Waals surface area (Å²) in [6, 6.07) is 9.89. The molecule has 0 unspecified atom stereocenters. The molecule has 19 heavy (non-hydrogen) atoms. The minimum atomic E-state index is -0.841. The van der Waals surface area contributed by atoms with E-state index in [0.29, 0.717) is 5.75 Å². The van der Waals surface area contributed by atoms with Crippen molar-refractivity contribution >= 4 is 22.8 Å². The highest BCUT2D eigenvalue weighted by atomic mass is 32.2. The van der Waals surface area contributed by atoms with Gasteiger partial charge < -0.3 is 4.74 Å². The summed E-state index contributed by atoms with van der Waals surface area (Å²) in [5, 5.41) is 0.889. The molecule has 0 bridgehead atoms. The van der Waals surface area contributed by atoms with E-state index in [4.69, 9.17) is 4.74 Å². The quantitative estimate of drug-likeness (QED) is 0.626. The number of aliphatic imine (C=N–C) groups is 1. The fraction of sp³-hybridized carbons (Fsp3) is 0.333. The lowest BCUT2D eigenvalue weighted by Crippen LogP contribution is -2.44. The molecule has 1 aliphatic heterocycles. The standard InChI is InChI=1S/C15H17NO2S/c1-4-11(2)15(14(17)18-3)10-19-13(16-15)12-8-6-5-7-9-12/h4-9,11H,1,10H2,2-3H3/t11-,15-/m1/s1. The molecule has 100 valence electrons. The van der Waals surface area contributed by atoms with Gasteiger partial charge >= 0.3 is 5.97 Å². The number of thioether (sulfide) groups is 1. The van der Waals surface area contributed by atoms with Crippen molar-refractivity contribution < 1.29 is 9.53 Å². The predicted octanol–water partition coefficient (Wildman–Crippen LogP) is 2.91. The van der Waals surface area contributed by atoms with Crippen LogP contribution in [0.5, 0.6) is 0 Å². The van der Waals surface area contributed by atoms with Gasteiger partial charge in [-0.2, -0.15) is 0 Å².